The van der Waals surface area contributed by atoms with Gasteiger partial charge in [-0.3, -0.25) is 0 Å². The van der Waals surface area contributed by atoms with E-state index in [0.29, 0.717) is 35.7 Å². The van der Waals surface area contributed by atoms with Crippen molar-refractivity contribution in [2.24, 2.45) is 76.9 Å². The van der Waals surface area contributed by atoms with Crippen LogP contribution in [0, 0.1) is 88.3 Å². The predicted octanol–water partition coefficient (Wildman–Crippen LogP) is 12.9. The molecule has 5 N–H and O–H groups in total. The fraction of sp³-hybridized carbons (Fsp3) is 0.831. The summed E-state index contributed by atoms with van der Waals surface area (Å²) in [4.78, 5) is 10.7. The molecule has 0 saturated carbocycles. The van der Waals surface area contributed by atoms with Gasteiger partial charge < -0.3 is 48.8 Å². The number of hydrogen-bond donors (Lipinski definition) is 5. The molecule has 0 aromatic heterocycles. The van der Waals surface area contributed by atoms with Gasteiger partial charge in [0, 0.05) is 82.5 Å². The highest BCUT2D eigenvalue weighted by Gasteiger charge is 2.44. The third-order valence-corrected chi connectivity index (χ3v) is 17.4. The second-order valence-electron chi connectivity index (χ2n) is 20.8. The molecule has 2 saturated heterocycles. The highest BCUT2D eigenvalue weighted by Crippen LogP contribution is 2.42. The number of nitrogens with zero attached hydrogens (tertiary/aromatic N) is 1. The fourth-order valence-electron chi connectivity index (χ4n) is 9.75. The van der Waals surface area contributed by atoms with Gasteiger partial charge in [-0.05, 0) is 55.3 Å². The molecule has 0 aromatic rings. The first-order chi connectivity index (χ1) is 39.1. The van der Waals surface area contributed by atoms with E-state index in [1.807, 2.05) is 72.8 Å². The van der Waals surface area contributed by atoms with Crippen LogP contribution in [0.15, 0.2) is 48.6 Å². The molecule has 4 aliphatic carbocycles. The zero-order chi connectivity index (χ0) is 64.3. The maximum absolute atomic E-state index is 14.1. The number of esters is 1. The lowest BCUT2D eigenvalue weighted by Gasteiger charge is -2.41. The summed E-state index contributed by atoms with van der Waals surface area (Å²) in [6.45, 7) is 23.2. The van der Waals surface area contributed by atoms with Crippen LogP contribution in [0.25, 0.3) is 0 Å². The molecule has 2 heterocycles. The molecule has 2 aliphatic heterocycles. The molecule has 0 radical (unpaired) electrons. The summed E-state index contributed by atoms with van der Waals surface area (Å²) in [5.41, 5.74) is 0. The van der Waals surface area contributed by atoms with Crippen LogP contribution in [0.3, 0.4) is 0 Å². The molecule has 6 rings (SSSR count). The molecule has 0 amide bonds. The van der Waals surface area contributed by atoms with Crippen LogP contribution in [-0.4, -0.2) is 147 Å². The molecule has 12 nitrogen and oxygen atoms in total. The number of nitriles is 1. The molecule has 2 unspecified atom stereocenters. The molecule has 464 valence electrons. The summed E-state index contributed by atoms with van der Waals surface area (Å²) < 4.78 is 133. The van der Waals surface area contributed by atoms with Crippen molar-refractivity contribution in [3.63, 3.8) is 0 Å². The van der Waals surface area contributed by atoms with E-state index in [1.54, 1.807) is 58.8 Å². The summed E-state index contributed by atoms with van der Waals surface area (Å²) in [6.07, 6.45) is 8.02. The minimum absolute atomic E-state index is 0.0264. The van der Waals surface area contributed by atoms with Crippen molar-refractivity contribution in [3.05, 3.63) is 48.6 Å². The Morgan fingerprint density at radius 1 is 0.696 bits per heavy atom. The Morgan fingerprint density at radius 3 is 1.67 bits per heavy atom. The monoisotopic (exact) mass is 1280 g/mol. The van der Waals surface area contributed by atoms with E-state index in [1.165, 1.54) is 14.2 Å². The lowest BCUT2D eigenvalue weighted by molar-refractivity contribution is -0.239. The fourth-order valence-corrected chi connectivity index (χ4v) is 11.5. The number of rotatable bonds is 11. The van der Waals surface area contributed by atoms with Gasteiger partial charge in [0.1, 0.15) is 49.2 Å². The van der Waals surface area contributed by atoms with Crippen molar-refractivity contribution in [1.29, 1.82) is 8.12 Å². The molecule has 79 heavy (non-hydrogen) atoms. The van der Waals surface area contributed by atoms with Gasteiger partial charge in [0.2, 0.25) is 9.15 Å². The number of aliphatic hydroxyl groups excluding tert-OH is 5. The maximum Gasteiger partial charge on any atom is 0.343 e. The van der Waals surface area contributed by atoms with Crippen molar-refractivity contribution in [1.82, 2.24) is 0 Å². The van der Waals surface area contributed by atoms with Crippen LogP contribution < -0.4 is 0 Å². The Morgan fingerprint density at radius 2 is 1.18 bits per heavy atom. The number of carbonyl (C=O) groups excluding carboxylic acids is 1. The average Bonchev–Trinajstić information content (AvgIpc) is 3.53. The van der Waals surface area contributed by atoms with E-state index < -0.39 is 81.9 Å². The van der Waals surface area contributed by atoms with E-state index in [-0.39, 0.29) is 85.4 Å². The Bertz CT molecular complexity index is 1760. The number of carbonyl (C=O) groups is 1. The van der Waals surface area contributed by atoms with E-state index >= 15 is 0 Å². The minimum atomic E-state index is -1.58. The number of methoxy groups -OCH3 is 1. The first-order valence-corrected chi connectivity index (χ1v) is 30.8. The van der Waals surface area contributed by atoms with Gasteiger partial charge in [-0.15, -0.1) is 0 Å². The Labute approximate surface area is 492 Å². The van der Waals surface area contributed by atoms with Gasteiger partial charge in [0.15, 0.2) is 20.8 Å². The standard InChI is InChI=1S/C12H19FNO2P.C10H18FIO2.C10H17F.C9H15FO.C8H13FO3.C8H13FO.2CH4O/c1-9-5-6-10(2)12(11(9)13)16-17(3)15-8-4-7-14;1-4-7-6(2)9(11)8(5-12)14-10(7)13-3;1-4-9-6-5-7(2)10(11)8(9)3;1-3-7-4-5-8(11)9(10)6(7)2;1-3-5-4(2)6(9)8(11)12-7(5)10;1-5-3-4-6(2)8(10)7(5)9;2*1-2/h5-6,9-12H,4,8H2,1-3H3;6-10H,4-5H2,1-3H3;5-10H,4H2,1-3H3;4-9,11H,3H2,1-2H3;4-7,10H,3H2,1-2H3;3-8,10H,1-2H3;2*2H,1H3/t9-,10+,11+,12-,17?;6-,7-,8-,9-,10+;7-,8-,9+,10+;6-,7+,8+,9-;4-,5-,6-,7?;5-,6+,7+,8-;;/m111111../s1/i2D;;;;;2D;2*2T. The number of halogens is 7. The molecular weight excluding hydrogens is 1170 g/mol. The highest BCUT2D eigenvalue weighted by atomic mass is 127. The van der Waals surface area contributed by atoms with Gasteiger partial charge >= 0.3 is 5.97 Å². The predicted molar refractivity (Wildman–Crippen MR) is 312 cm³/mol. The number of cyclic esters (lactones) is 1. The van der Waals surface area contributed by atoms with Crippen LogP contribution in [0.5, 0.6) is 0 Å². The second-order valence-corrected chi connectivity index (χ2v) is 23.0. The molecule has 0 bridgehead atoms. The molecule has 20 heteroatoms. The van der Waals surface area contributed by atoms with Crippen molar-refractivity contribution >= 4 is 36.9 Å². The third-order valence-electron chi connectivity index (χ3n) is 15.4. The topological polar surface area (TPSA) is 188 Å². The molecular formula is C59H103F6INO11P. The van der Waals surface area contributed by atoms with E-state index in [2.05, 4.69) is 50.5 Å². The molecule has 26 atom stereocenters. The summed E-state index contributed by atoms with van der Waals surface area (Å²) in [7, 11) is 3.01. The SMILES string of the molecule is CC[C@H]1C(O)OC(=O)[C@H](F)[C@@H]1C.CC[C@H]1C=C[C@@H](C)[C@H](F)[C@@H]1C.CC[C@H]1C=C[C@H](O)[C@H](F)[C@@H]1C.CC[C@H]1[C@@H](OC)O[C@H](CI)[C@H](F)[C@@H]1C.[2H]C[C@H]1C=C[C@@H](C)[C@H](F)[C@@H]1O.[2H]C[C@H]1C=C[C@@H](C)[C@H](F)[C@@H]1OP(C)OCCC#N.[3H]OC.[3H]OC. The summed E-state index contributed by atoms with van der Waals surface area (Å²) in [5, 5.41) is 43.0. The van der Waals surface area contributed by atoms with Crippen LogP contribution in [0.2, 0.25) is 0 Å². The third kappa shape index (κ3) is 26.0. The van der Waals surface area contributed by atoms with E-state index in [0.717, 1.165) is 19.3 Å². The summed E-state index contributed by atoms with van der Waals surface area (Å²) in [5.74, 6) is -1.38. The largest absolute Gasteiger partial charge is 0.433 e. The highest BCUT2D eigenvalue weighted by molar-refractivity contribution is 14.1. The summed E-state index contributed by atoms with van der Waals surface area (Å²) >= 11 is 2.16. The van der Waals surface area contributed by atoms with Crippen LogP contribution in [0.1, 0.15) is 125 Å². The Balaban J connectivity index is 0. The summed E-state index contributed by atoms with van der Waals surface area (Å²) in [6, 6.07) is 1.98. The minimum Gasteiger partial charge on any atom is -0.433 e. The first kappa shape index (κ1) is 71.6. The number of aliphatic hydroxyl groups is 5. The van der Waals surface area contributed by atoms with Gasteiger partial charge in [-0.2, -0.15) is 5.26 Å². The lowest BCUT2D eigenvalue weighted by Crippen LogP contribution is -2.49. The average molecular weight is 1280 g/mol. The van der Waals surface area contributed by atoms with Gasteiger partial charge in [-0.25, -0.2) is 31.1 Å². The zero-order valence-electron chi connectivity index (χ0n) is 53.6. The van der Waals surface area contributed by atoms with Gasteiger partial charge in [-0.1, -0.05) is 161 Å². The number of ether oxygens (including phenoxy) is 3. The molecule has 6 aliphatic rings. The maximum atomic E-state index is 14.1. The first-order valence-electron chi connectivity index (χ1n) is 29.9. The molecule has 2 fully saturated rings. The quantitative estimate of drug-likeness (QED) is 0.0251. The van der Waals surface area contributed by atoms with Crippen molar-refractivity contribution in [2.45, 2.75) is 196 Å². The van der Waals surface area contributed by atoms with Crippen LogP contribution >= 0.6 is 31.0 Å². The Hall–Kier alpha value is -1.70. The Kier molecular flexibility index (Phi) is 39.0. The van der Waals surface area contributed by atoms with Crippen molar-refractivity contribution < 1.29 is 82.7 Å². The van der Waals surface area contributed by atoms with Crippen LogP contribution in [0.4, 0.5) is 26.3 Å². The van der Waals surface area contributed by atoms with Crippen molar-refractivity contribution in [3.8, 4) is 6.07 Å². The zero-order valence-corrected chi connectivity index (χ0v) is 52.6. The van der Waals surface area contributed by atoms with E-state index in [9.17, 15) is 41.4 Å². The second kappa shape index (κ2) is 43.0. The van der Waals surface area contributed by atoms with Crippen molar-refractivity contribution in [2.75, 3.05) is 39.0 Å². The van der Waals surface area contributed by atoms with Gasteiger partial charge in [0.25, 0.3) is 0 Å². The number of hydrogen-bond acceptors (Lipinski definition) is 12. The number of allylic oxidation sites excluding steroid dienone is 5. The number of alkyl halides is 7. The smallest absolute Gasteiger partial charge is 0.343 e. The van der Waals surface area contributed by atoms with E-state index in [4.69, 9.17) is 34.5 Å². The van der Waals surface area contributed by atoms with Gasteiger partial charge in [0.05, 0.1) is 25.2 Å². The normalized spacial score (nSPS) is 40.8. The molecule has 0 spiro atoms. The molecule has 0 aromatic carbocycles. The lowest BCUT2D eigenvalue weighted by atomic mass is 9.78. The van der Waals surface area contributed by atoms with Crippen LogP contribution in [-0.2, 0) is 28.1 Å².